The van der Waals surface area contributed by atoms with E-state index >= 15 is 0 Å². The Hall–Kier alpha value is -0.380. The zero-order chi connectivity index (χ0) is 15.3. The molecule has 1 aromatic rings. The van der Waals surface area contributed by atoms with Crippen LogP contribution in [0.25, 0.3) is 0 Å². The van der Waals surface area contributed by atoms with Crippen molar-refractivity contribution >= 4 is 11.3 Å². The van der Waals surface area contributed by atoms with Crippen molar-refractivity contribution in [2.45, 2.75) is 71.4 Å². The number of thiophene rings is 1. The van der Waals surface area contributed by atoms with Crippen molar-refractivity contribution < 1.29 is 4.74 Å². The lowest BCUT2D eigenvalue weighted by Gasteiger charge is -2.45. The molecule has 1 atom stereocenters. The highest BCUT2D eigenvalue weighted by molar-refractivity contribution is 7.10. The Bertz CT molecular complexity index is 421. The minimum absolute atomic E-state index is 0.00789. The number of nitrogens with one attached hydrogen (secondary N) is 1. The molecule has 0 aromatic carbocycles. The summed E-state index contributed by atoms with van der Waals surface area (Å²) < 4.78 is 6.40. The average Bonchev–Trinajstić information content (AvgIpc) is 2.89. The maximum atomic E-state index is 6.40. The second-order valence-corrected chi connectivity index (χ2v) is 7.48. The maximum Gasteiger partial charge on any atom is 0.0884 e. The Morgan fingerprint density at radius 1 is 1.38 bits per heavy atom. The van der Waals surface area contributed by atoms with Gasteiger partial charge in [0, 0.05) is 11.5 Å². The van der Waals surface area contributed by atoms with Gasteiger partial charge in [-0.25, -0.2) is 0 Å². The zero-order valence-electron chi connectivity index (χ0n) is 14.1. The summed E-state index contributed by atoms with van der Waals surface area (Å²) >= 11 is 1.88. The van der Waals surface area contributed by atoms with E-state index in [1.807, 2.05) is 11.3 Å². The fourth-order valence-corrected chi connectivity index (χ4v) is 4.65. The fraction of sp³-hybridized carbons (Fsp3) is 0.778. The van der Waals surface area contributed by atoms with Gasteiger partial charge < -0.3 is 10.1 Å². The predicted octanol–water partition coefficient (Wildman–Crippen LogP) is 5.08. The molecule has 2 rings (SSSR count). The summed E-state index contributed by atoms with van der Waals surface area (Å²) in [5.41, 5.74) is 1.40. The van der Waals surface area contributed by atoms with Crippen LogP contribution in [0.4, 0.5) is 0 Å². The Labute approximate surface area is 134 Å². The lowest BCUT2D eigenvalue weighted by Crippen LogP contribution is -2.48. The molecule has 1 aromatic heterocycles. The van der Waals surface area contributed by atoms with Gasteiger partial charge in [0.15, 0.2) is 0 Å². The third kappa shape index (κ3) is 3.88. The van der Waals surface area contributed by atoms with E-state index in [9.17, 15) is 0 Å². The smallest absolute Gasteiger partial charge is 0.0884 e. The quantitative estimate of drug-likeness (QED) is 0.758. The highest BCUT2D eigenvalue weighted by Gasteiger charge is 2.43. The Morgan fingerprint density at radius 2 is 2.10 bits per heavy atom. The summed E-state index contributed by atoms with van der Waals surface area (Å²) in [5.74, 6) is 0.842. The fourth-order valence-electron chi connectivity index (χ4n) is 3.54. The lowest BCUT2D eigenvalue weighted by atomic mass is 9.74. The van der Waals surface area contributed by atoms with E-state index in [0.717, 1.165) is 19.1 Å². The van der Waals surface area contributed by atoms with Gasteiger partial charge in [-0.3, -0.25) is 0 Å². The molecule has 0 bridgehead atoms. The monoisotopic (exact) mass is 309 g/mol. The number of hydrogen-bond donors (Lipinski definition) is 1. The molecule has 1 heterocycles. The molecule has 3 heteroatoms. The molecule has 0 amide bonds. The van der Waals surface area contributed by atoms with Crippen LogP contribution in [-0.2, 0) is 4.74 Å². The number of aryl methyl sites for hydroxylation is 1. The Balaban J connectivity index is 2.29. The number of hydrogen-bond acceptors (Lipinski definition) is 3. The van der Waals surface area contributed by atoms with Gasteiger partial charge in [0.25, 0.3) is 0 Å². The predicted molar refractivity (Wildman–Crippen MR) is 92.1 cm³/mol. The molecular weight excluding hydrogens is 278 g/mol. The molecule has 1 saturated carbocycles. The maximum absolute atomic E-state index is 6.40. The normalized spacial score (nSPS) is 27.7. The first-order chi connectivity index (χ1) is 10.1. The van der Waals surface area contributed by atoms with Crippen molar-refractivity contribution in [2.75, 3.05) is 13.2 Å². The summed E-state index contributed by atoms with van der Waals surface area (Å²) in [5, 5.41) is 6.03. The van der Waals surface area contributed by atoms with Crippen molar-refractivity contribution in [3.05, 3.63) is 21.9 Å². The standard InChI is InChI=1S/C18H31NOS/c1-5-12-19-17(16-15(4)9-13-21-16)18(20-6-2)10-7-14(3)8-11-18/h9,13-14,17,19H,5-8,10-12H2,1-4H3. The second kappa shape index (κ2) is 7.75. The van der Waals surface area contributed by atoms with Crippen LogP contribution >= 0.6 is 11.3 Å². The first kappa shape index (κ1) is 17.0. The molecule has 1 unspecified atom stereocenters. The third-order valence-electron chi connectivity index (χ3n) is 4.84. The van der Waals surface area contributed by atoms with E-state index in [-0.39, 0.29) is 5.60 Å². The van der Waals surface area contributed by atoms with Gasteiger partial charge in [0.2, 0.25) is 0 Å². The van der Waals surface area contributed by atoms with Crippen molar-refractivity contribution in [3.63, 3.8) is 0 Å². The molecule has 1 aliphatic rings. The third-order valence-corrected chi connectivity index (χ3v) is 5.92. The largest absolute Gasteiger partial charge is 0.373 e. The molecule has 120 valence electrons. The molecule has 0 spiro atoms. The van der Waals surface area contributed by atoms with Crippen LogP contribution in [0.5, 0.6) is 0 Å². The first-order valence-electron chi connectivity index (χ1n) is 8.54. The summed E-state index contributed by atoms with van der Waals surface area (Å²) in [6.45, 7) is 10.9. The first-order valence-corrected chi connectivity index (χ1v) is 9.42. The van der Waals surface area contributed by atoms with Crippen LogP contribution in [0.3, 0.4) is 0 Å². The van der Waals surface area contributed by atoms with Crippen LogP contribution < -0.4 is 5.32 Å². The van der Waals surface area contributed by atoms with E-state index in [4.69, 9.17) is 4.74 Å². The van der Waals surface area contributed by atoms with E-state index in [1.54, 1.807) is 0 Å². The van der Waals surface area contributed by atoms with Gasteiger partial charge in [0.1, 0.15) is 0 Å². The zero-order valence-corrected chi connectivity index (χ0v) is 14.9. The molecular formula is C18H31NOS. The molecule has 1 fully saturated rings. The van der Waals surface area contributed by atoms with E-state index in [0.29, 0.717) is 6.04 Å². The van der Waals surface area contributed by atoms with Crippen LogP contribution in [0.15, 0.2) is 11.4 Å². The molecule has 0 saturated heterocycles. The molecule has 21 heavy (non-hydrogen) atoms. The van der Waals surface area contributed by atoms with Crippen LogP contribution in [0, 0.1) is 12.8 Å². The summed E-state index contributed by atoms with van der Waals surface area (Å²) in [6.07, 6.45) is 6.10. The minimum Gasteiger partial charge on any atom is -0.373 e. The summed E-state index contributed by atoms with van der Waals surface area (Å²) in [6, 6.07) is 2.59. The van der Waals surface area contributed by atoms with Gasteiger partial charge in [-0.1, -0.05) is 13.8 Å². The van der Waals surface area contributed by atoms with Gasteiger partial charge in [-0.2, -0.15) is 0 Å². The molecule has 2 nitrogen and oxygen atoms in total. The SMILES string of the molecule is CCCNC(c1sccc1C)C1(OCC)CCC(C)CC1. The number of ether oxygens (including phenoxy) is 1. The van der Waals surface area contributed by atoms with Gasteiger partial charge in [-0.15, -0.1) is 11.3 Å². The highest BCUT2D eigenvalue weighted by atomic mass is 32.1. The summed E-state index contributed by atoms with van der Waals surface area (Å²) in [4.78, 5) is 1.48. The molecule has 0 aliphatic heterocycles. The lowest BCUT2D eigenvalue weighted by molar-refractivity contribution is -0.0969. The summed E-state index contributed by atoms with van der Waals surface area (Å²) in [7, 11) is 0. The van der Waals surface area contributed by atoms with Crippen molar-refractivity contribution in [1.82, 2.24) is 5.32 Å². The highest BCUT2D eigenvalue weighted by Crippen LogP contribution is 2.45. The molecule has 1 N–H and O–H groups in total. The molecule has 1 aliphatic carbocycles. The van der Waals surface area contributed by atoms with Gasteiger partial charge in [-0.05, 0) is 75.4 Å². The minimum atomic E-state index is -0.00789. The van der Waals surface area contributed by atoms with Gasteiger partial charge >= 0.3 is 0 Å². The van der Waals surface area contributed by atoms with Crippen molar-refractivity contribution in [3.8, 4) is 0 Å². The van der Waals surface area contributed by atoms with Crippen molar-refractivity contribution in [2.24, 2.45) is 5.92 Å². The topological polar surface area (TPSA) is 21.3 Å². The Kier molecular flexibility index (Phi) is 6.27. The van der Waals surface area contributed by atoms with E-state index in [2.05, 4.69) is 44.5 Å². The van der Waals surface area contributed by atoms with Crippen LogP contribution in [0.1, 0.15) is 69.4 Å². The van der Waals surface area contributed by atoms with E-state index < -0.39 is 0 Å². The molecule has 0 radical (unpaired) electrons. The van der Waals surface area contributed by atoms with Gasteiger partial charge in [0.05, 0.1) is 11.6 Å². The van der Waals surface area contributed by atoms with Crippen molar-refractivity contribution in [1.29, 1.82) is 0 Å². The number of rotatable bonds is 7. The average molecular weight is 310 g/mol. The Morgan fingerprint density at radius 3 is 2.62 bits per heavy atom. The van der Waals surface area contributed by atoms with Crippen LogP contribution in [-0.4, -0.2) is 18.8 Å². The van der Waals surface area contributed by atoms with Crippen LogP contribution in [0.2, 0.25) is 0 Å². The second-order valence-electron chi connectivity index (χ2n) is 6.54. The van der Waals surface area contributed by atoms with E-state index in [1.165, 1.54) is 42.5 Å².